The Morgan fingerprint density at radius 3 is 2.57 bits per heavy atom. The summed E-state index contributed by atoms with van der Waals surface area (Å²) >= 11 is 0. The van der Waals surface area contributed by atoms with E-state index in [9.17, 15) is 4.79 Å². The summed E-state index contributed by atoms with van der Waals surface area (Å²) in [4.78, 5) is 10.8. The van der Waals surface area contributed by atoms with Crippen LogP contribution in [-0.4, -0.2) is 13.1 Å². The maximum Gasteiger partial charge on any atom is 0.330 e. The van der Waals surface area contributed by atoms with E-state index in [1.165, 1.54) is 13.2 Å². The molecule has 74 valence electrons. The molecular weight excluding hydrogens is 178 g/mol. The number of carbonyl (C=O) groups is 1. The van der Waals surface area contributed by atoms with Gasteiger partial charge in [-0.25, -0.2) is 4.79 Å². The number of ether oxygens (including phenoxy) is 1. The van der Waals surface area contributed by atoms with Crippen molar-refractivity contribution in [2.24, 2.45) is 5.73 Å². The average molecular weight is 191 g/mol. The summed E-state index contributed by atoms with van der Waals surface area (Å²) in [6.07, 6.45) is 3.09. The summed E-state index contributed by atoms with van der Waals surface area (Å²) in [6, 6.07) is 7.66. The fourth-order valence-electron chi connectivity index (χ4n) is 0.997. The third-order valence-corrected chi connectivity index (χ3v) is 1.83. The van der Waals surface area contributed by atoms with E-state index in [1.807, 2.05) is 24.3 Å². The van der Waals surface area contributed by atoms with Gasteiger partial charge in [0.25, 0.3) is 0 Å². The van der Waals surface area contributed by atoms with Crippen LogP contribution in [0.3, 0.4) is 0 Å². The topological polar surface area (TPSA) is 52.3 Å². The molecular formula is C11H13NO2. The Hall–Kier alpha value is -1.61. The van der Waals surface area contributed by atoms with Crippen molar-refractivity contribution in [2.45, 2.75) is 6.54 Å². The summed E-state index contributed by atoms with van der Waals surface area (Å²) in [5.74, 6) is -0.354. The van der Waals surface area contributed by atoms with Crippen LogP contribution in [0.1, 0.15) is 11.1 Å². The number of nitrogens with two attached hydrogens (primary N) is 1. The van der Waals surface area contributed by atoms with Crippen LogP contribution in [0.5, 0.6) is 0 Å². The second-order valence-electron chi connectivity index (χ2n) is 2.80. The standard InChI is InChI=1S/C11H13NO2/c1-14-11(13)7-6-9-2-4-10(8-12)5-3-9/h2-7H,8,12H2,1H3. The lowest BCUT2D eigenvalue weighted by atomic mass is 10.1. The highest BCUT2D eigenvalue weighted by Crippen LogP contribution is 2.05. The number of hydrogen-bond donors (Lipinski definition) is 1. The van der Waals surface area contributed by atoms with Crippen LogP contribution >= 0.6 is 0 Å². The molecule has 0 aliphatic rings. The van der Waals surface area contributed by atoms with Gasteiger partial charge in [-0.05, 0) is 17.2 Å². The fourth-order valence-corrected chi connectivity index (χ4v) is 0.997. The first kappa shape index (κ1) is 10.5. The van der Waals surface area contributed by atoms with Gasteiger partial charge in [0.05, 0.1) is 7.11 Å². The highest BCUT2D eigenvalue weighted by molar-refractivity contribution is 5.86. The fraction of sp³-hybridized carbons (Fsp3) is 0.182. The largest absolute Gasteiger partial charge is 0.466 e. The highest BCUT2D eigenvalue weighted by Gasteiger charge is 1.92. The van der Waals surface area contributed by atoms with Gasteiger partial charge >= 0.3 is 5.97 Å². The summed E-state index contributed by atoms with van der Waals surface area (Å²) in [6.45, 7) is 0.529. The first-order valence-corrected chi connectivity index (χ1v) is 4.31. The van der Waals surface area contributed by atoms with Gasteiger partial charge in [-0.3, -0.25) is 0 Å². The van der Waals surface area contributed by atoms with Crippen molar-refractivity contribution >= 4 is 12.0 Å². The van der Waals surface area contributed by atoms with E-state index in [0.29, 0.717) is 6.54 Å². The molecule has 0 aromatic heterocycles. The first-order chi connectivity index (χ1) is 6.76. The summed E-state index contributed by atoms with van der Waals surface area (Å²) < 4.78 is 4.47. The lowest BCUT2D eigenvalue weighted by Gasteiger charge is -1.96. The second kappa shape index (κ2) is 5.19. The molecule has 0 radical (unpaired) electrons. The smallest absolute Gasteiger partial charge is 0.330 e. The molecule has 0 saturated heterocycles. The van der Waals surface area contributed by atoms with Crippen molar-refractivity contribution in [3.63, 3.8) is 0 Å². The summed E-state index contributed by atoms with van der Waals surface area (Å²) in [7, 11) is 1.35. The molecule has 3 nitrogen and oxygen atoms in total. The van der Waals surface area contributed by atoms with Crippen LogP contribution in [-0.2, 0) is 16.1 Å². The molecule has 1 aromatic carbocycles. The van der Waals surface area contributed by atoms with Gasteiger partial charge in [-0.15, -0.1) is 0 Å². The van der Waals surface area contributed by atoms with Gasteiger partial charge in [0.2, 0.25) is 0 Å². The zero-order valence-electron chi connectivity index (χ0n) is 8.07. The maximum absolute atomic E-state index is 10.8. The normalized spacial score (nSPS) is 10.4. The Kier molecular flexibility index (Phi) is 3.88. The number of esters is 1. The molecule has 0 aliphatic heterocycles. The molecule has 0 saturated carbocycles. The molecule has 0 fully saturated rings. The molecule has 3 heteroatoms. The van der Waals surface area contributed by atoms with Crippen molar-refractivity contribution in [1.82, 2.24) is 0 Å². The van der Waals surface area contributed by atoms with Crippen LogP contribution in [0.4, 0.5) is 0 Å². The molecule has 1 aromatic rings. The van der Waals surface area contributed by atoms with Crippen molar-refractivity contribution in [1.29, 1.82) is 0 Å². The molecule has 14 heavy (non-hydrogen) atoms. The van der Waals surface area contributed by atoms with E-state index in [-0.39, 0.29) is 5.97 Å². The van der Waals surface area contributed by atoms with Crippen molar-refractivity contribution in [2.75, 3.05) is 7.11 Å². The van der Waals surface area contributed by atoms with Crippen molar-refractivity contribution in [3.05, 3.63) is 41.5 Å². The van der Waals surface area contributed by atoms with Crippen LogP contribution in [0.2, 0.25) is 0 Å². The Bertz CT molecular complexity index is 328. The molecule has 0 bridgehead atoms. The minimum absolute atomic E-state index is 0.354. The number of benzene rings is 1. The first-order valence-electron chi connectivity index (χ1n) is 4.31. The Morgan fingerprint density at radius 2 is 2.07 bits per heavy atom. The van der Waals surface area contributed by atoms with Crippen LogP contribution in [0, 0.1) is 0 Å². The lowest BCUT2D eigenvalue weighted by molar-refractivity contribution is -0.134. The zero-order valence-corrected chi connectivity index (χ0v) is 8.07. The molecule has 0 aliphatic carbocycles. The Balaban J connectivity index is 2.68. The second-order valence-corrected chi connectivity index (χ2v) is 2.80. The third kappa shape index (κ3) is 3.03. The minimum Gasteiger partial charge on any atom is -0.466 e. The molecule has 0 amide bonds. The van der Waals surface area contributed by atoms with Crippen molar-refractivity contribution in [3.8, 4) is 0 Å². The van der Waals surface area contributed by atoms with Gasteiger partial charge < -0.3 is 10.5 Å². The monoisotopic (exact) mass is 191 g/mol. The molecule has 1 rings (SSSR count). The number of rotatable bonds is 3. The molecule has 0 atom stereocenters. The van der Waals surface area contributed by atoms with E-state index in [4.69, 9.17) is 5.73 Å². The number of carbonyl (C=O) groups excluding carboxylic acids is 1. The van der Waals surface area contributed by atoms with Gasteiger partial charge in [0.1, 0.15) is 0 Å². The number of hydrogen-bond acceptors (Lipinski definition) is 3. The minimum atomic E-state index is -0.354. The summed E-state index contributed by atoms with van der Waals surface area (Å²) in [5.41, 5.74) is 7.47. The third-order valence-electron chi connectivity index (χ3n) is 1.83. The predicted molar refractivity (Wildman–Crippen MR) is 55.4 cm³/mol. The van der Waals surface area contributed by atoms with Gasteiger partial charge in [-0.2, -0.15) is 0 Å². The molecule has 0 unspecified atom stereocenters. The predicted octanol–water partition coefficient (Wildman–Crippen LogP) is 1.33. The van der Waals surface area contributed by atoms with Crippen LogP contribution in [0.15, 0.2) is 30.3 Å². The quantitative estimate of drug-likeness (QED) is 0.579. The molecule has 0 heterocycles. The van der Waals surface area contributed by atoms with E-state index in [1.54, 1.807) is 6.08 Å². The van der Waals surface area contributed by atoms with Gasteiger partial charge in [0.15, 0.2) is 0 Å². The Labute approximate surface area is 83.2 Å². The summed E-state index contributed by atoms with van der Waals surface area (Å²) in [5, 5.41) is 0. The number of methoxy groups -OCH3 is 1. The van der Waals surface area contributed by atoms with E-state index < -0.39 is 0 Å². The average Bonchev–Trinajstić information content (AvgIpc) is 2.26. The van der Waals surface area contributed by atoms with E-state index >= 15 is 0 Å². The zero-order chi connectivity index (χ0) is 10.4. The van der Waals surface area contributed by atoms with E-state index in [0.717, 1.165) is 11.1 Å². The highest BCUT2D eigenvalue weighted by atomic mass is 16.5. The van der Waals surface area contributed by atoms with Crippen molar-refractivity contribution < 1.29 is 9.53 Å². The van der Waals surface area contributed by atoms with Gasteiger partial charge in [0, 0.05) is 12.6 Å². The molecule has 2 N–H and O–H groups in total. The molecule has 0 spiro atoms. The van der Waals surface area contributed by atoms with Crippen LogP contribution < -0.4 is 5.73 Å². The Morgan fingerprint density at radius 1 is 1.43 bits per heavy atom. The lowest BCUT2D eigenvalue weighted by Crippen LogP contribution is -1.95. The van der Waals surface area contributed by atoms with Crippen LogP contribution in [0.25, 0.3) is 6.08 Å². The maximum atomic E-state index is 10.8. The van der Waals surface area contributed by atoms with Gasteiger partial charge in [-0.1, -0.05) is 24.3 Å². The SMILES string of the molecule is COC(=O)C=Cc1ccc(CN)cc1. The van der Waals surface area contributed by atoms with E-state index in [2.05, 4.69) is 4.74 Å².